The van der Waals surface area contributed by atoms with Crippen LogP contribution in [0.4, 0.5) is 0 Å². The Hall–Kier alpha value is -3.12. The van der Waals surface area contributed by atoms with Crippen molar-refractivity contribution in [1.29, 1.82) is 0 Å². The molecule has 28 heavy (non-hydrogen) atoms. The molecule has 3 heterocycles. The van der Waals surface area contributed by atoms with E-state index in [2.05, 4.69) is 27.9 Å². The second-order valence-corrected chi connectivity index (χ2v) is 7.90. The lowest BCUT2D eigenvalue weighted by Crippen LogP contribution is -2.25. The van der Waals surface area contributed by atoms with E-state index >= 15 is 0 Å². The number of nitrogens with one attached hydrogen (secondary N) is 1. The predicted molar refractivity (Wildman–Crippen MR) is 112 cm³/mol. The SMILES string of the molecule is COc1ccc(Cn2c(C(=O)NCc3cccnc3)cc3sc(C)cc32)cc1. The van der Waals surface area contributed by atoms with Crippen molar-refractivity contribution in [2.24, 2.45) is 0 Å². The number of hydrogen-bond acceptors (Lipinski definition) is 4. The van der Waals surface area contributed by atoms with Gasteiger partial charge in [-0.05, 0) is 48.4 Å². The Morgan fingerprint density at radius 3 is 2.71 bits per heavy atom. The third-order valence-electron chi connectivity index (χ3n) is 4.62. The predicted octanol–water partition coefficient (Wildman–Crippen LogP) is 4.39. The first-order valence-electron chi connectivity index (χ1n) is 9.04. The molecule has 6 heteroatoms. The molecule has 5 nitrogen and oxygen atoms in total. The van der Waals surface area contributed by atoms with Gasteiger partial charge in [-0.3, -0.25) is 9.78 Å². The lowest BCUT2D eigenvalue weighted by Gasteiger charge is -2.11. The van der Waals surface area contributed by atoms with Gasteiger partial charge < -0.3 is 14.6 Å². The van der Waals surface area contributed by atoms with Crippen molar-refractivity contribution in [2.75, 3.05) is 7.11 Å². The number of rotatable bonds is 6. The quantitative estimate of drug-likeness (QED) is 0.530. The molecule has 4 aromatic rings. The van der Waals surface area contributed by atoms with Gasteiger partial charge in [-0.25, -0.2) is 0 Å². The van der Waals surface area contributed by atoms with Crippen LogP contribution in [0.1, 0.15) is 26.5 Å². The van der Waals surface area contributed by atoms with E-state index in [4.69, 9.17) is 4.74 Å². The van der Waals surface area contributed by atoms with Crippen LogP contribution in [0.2, 0.25) is 0 Å². The molecule has 1 amide bonds. The van der Waals surface area contributed by atoms with Gasteiger partial charge in [0.05, 0.1) is 17.3 Å². The van der Waals surface area contributed by atoms with Crippen LogP contribution in [-0.4, -0.2) is 22.6 Å². The Labute approximate surface area is 167 Å². The number of pyridine rings is 1. The fraction of sp³-hybridized carbons (Fsp3) is 0.182. The molecule has 0 atom stereocenters. The number of fused-ring (bicyclic) bond motifs is 1. The molecule has 0 bridgehead atoms. The first-order valence-corrected chi connectivity index (χ1v) is 9.85. The molecule has 0 fully saturated rings. The summed E-state index contributed by atoms with van der Waals surface area (Å²) in [4.78, 5) is 18.2. The Bertz CT molecular complexity index is 1100. The molecule has 0 radical (unpaired) electrons. The van der Waals surface area contributed by atoms with Gasteiger partial charge in [-0.2, -0.15) is 0 Å². The first kappa shape index (κ1) is 18.3. The Morgan fingerprint density at radius 2 is 2.00 bits per heavy atom. The highest BCUT2D eigenvalue weighted by Gasteiger charge is 2.17. The highest BCUT2D eigenvalue weighted by molar-refractivity contribution is 7.19. The van der Waals surface area contributed by atoms with Crippen LogP contribution >= 0.6 is 11.3 Å². The molecular weight excluding hydrogens is 370 g/mol. The average molecular weight is 391 g/mol. The maximum absolute atomic E-state index is 12.9. The number of carbonyl (C=O) groups is 1. The van der Waals surface area contributed by atoms with Gasteiger partial charge in [-0.1, -0.05) is 18.2 Å². The van der Waals surface area contributed by atoms with E-state index in [1.54, 1.807) is 30.8 Å². The lowest BCUT2D eigenvalue weighted by molar-refractivity contribution is 0.0942. The summed E-state index contributed by atoms with van der Waals surface area (Å²) in [5, 5.41) is 3.01. The number of aryl methyl sites for hydroxylation is 1. The topological polar surface area (TPSA) is 56.1 Å². The van der Waals surface area contributed by atoms with E-state index in [0.717, 1.165) is 27.1 Å². The van der Waals surface area contributed by atoms with Crippen molar-refractivity contribution in [3.8, 4) is 5.75 Å². The Kier molecular flexibility index (Phi) is 5.12. The number of benzene rings is 1. The summed E-state index contributed by atoms with van der Waals surface area (Å²) in [6, 6.07) is 15.9. The molecule has 1 N–H and O–H groups in total. The zero-order valence-corrected chi connectivity index (χ0v) is 16.6. The van der Waals surface area contributed by atoms with E-state index in [0.29, 0.717) is 18.8 Å². The highest BCUT2D eigenvalue weighted by atomic mass is 32.1. The fourth-order valence-corrected chi connectivity index (χ4v) is 4.17. The first-order chi connectivity index (χ1) is 13.6. The van der Waals surface area contributed by atoms with Crippen LogP contribution in [0, 0.1) is 6.92 Å². The molecule has 0 unspecified atom stereocenters. The zero-order chi connectivity index (χ0) is 19.5. The second-order valence-electron chi connectivity index (χ2n) is 6.61. The number of methoxy groups -OCH3 is 1. The van der Waals surface area contributed by atoms with Gasteiger partial charge in [0.15, 0.2) is 0 Å². The van der Waals surface area contributed by atoms with E-state index in [9.17, 15) is 4.79 Å². The zero-order valence-electron chi connectivity index (χ0n) is 15.8. The summed E-state index contributed by atoms with van der Waals surface area (Å²) in [6.45, 7) is 3.16. The fourth-order valence-electron chi connectivity index (χ4n) is 3.21. The van der Waals surface area contributed by atoms with E-state index in [-0.39, 0.29) is 5.91 Å². The molecule has 3 aromatic heterocycles. The van der Waals surface area contributed by atoms with Crippen LogP contribution < -0.4 is 10.1 Å². The average Bonchev–Trinajstić information content (AvgIpc) is 3.24. The maximum Gasteiger partial charge on any atom is 0.268 e. The van der Waals surface area contributed by atoms with Crippen molar-refractivity contribution >= 4 is 27.5 Å². The molecular formula is C22H21N3O2S. The molecule has 0 saturated heterocycles. The number of ether oxygens (including phenoxy) is 1. The van der Waals surface area contributed by atoms with Crippen molar-refractivity contribution in [1.82, 2.24) is 14.9 Å². The standard InChI is InChI=1S/C22H21N3O2S/c1-15-10-19-21(28-15)11-20(22(26)24-13-17-4-3-9-23-12-17)25(19)14-16-5-7-18(27-2)8-6-16/h3-12H,13-14H2,1-2H3,(H,24,26). The van der Waals surface area contributed by atoms with Gasteiger partial charge in [0.2, 0.25) is 0 Å². The molecule has 4 rings (SSSR count). The largest absolute Gasteiger partial charge is 0.497 e. The molecule has 0 aliphatic heterocycles. The van der Waals surface area contributed by atoms with E-state index < -0.39 is 0 Å². The molecule has 142 valence electrons. The summed E-state index contributed by atoms with van der Waals surface area (Å²) in [7, 11) is 1.66. The van der Waals surface area contributed by atoms with Gasteiger partial charge in [0, 0.05) is 30.4 Å². The van der Waals surface area contributed by atoms with E-state index in [1.807, 2.05) is 42.5 Å². The van der Waals surface area contributed by atoms with Gasteiger partial charge in [0.1, 0.15) is 11.4 Å². The molecule has 0 saturated carbocycles. The summed E-state index contributed by atoms with van der Waals surface area (Å²) < 4.78 is 8.44. The third kappa shape index (κ3) is 3.77. The lowest BCUT2D eigenvalue weighted by atomic mass is 10.2. The van der Waals surface area contributed by atoms with Crippen molar-refractivity contribution in [3.63, 3.8) is 0 Å². The van der Waals surface area contributed by atoms with Crippen molar-refractivity contribution in [2.45, 2.75) is 20.0 Å². The van der Waals surface area contributed by atoms with Crippen LogP contribution in [0.5, 0.6) is 5.75 Å². The van der Waals surface area contributed by atoms with Crippen molar-refractivity contribution < 1.29 is 9.53 Å². The molecule has 0 aliphatic rings. The number of amides is 1. The van der Waals surface area contributed by atoms with Crippen LogP contribution in [0.15, 0.2) is 60.9 Å². The number of thiophene rings is 1. The minimum Gasteiger partial charge on any atom is -0.497 e. The third-order valence-corrected chi connectivity index (χ3v) is 5.61. The van der Waals surface area contributed by atoms with Crippen LogP contribution in [0.3, 0.4) is 0 Å². The second kappa shape index (κ2) is 7.86. The Morgan fingerprint density at radius 1 is 1.18 bits per heavy atom. The highest BCUT2D eigenvalue weighted by Crippen LogP contribution is 2.29. The van der Waals surface area contributed by atoms with Crippen LogP contribution in [0.25, 0.3) is 10.2 Å². The Balaban J connectivity index is 1.62. The molecule has 1 aromatic carbocycles. The number of nitrogens with zero attached hydrogens (tertiary/aromatic N) is 2. The van der Waals surface area contributed by atoms with E-state index in [1.165, 1.54) is 4.88 Å². The maximum atomic E-state index is 12.9. The van der Waals surface area contributed by atoms with Gasteiger partial charge in [0.25, 0.3) is 5.91 Å². The number of aromatic nitrogens is 2. The number of carbonyl (C=O) groups excluding carboxylic acids is 1. The minimum atomic E-state index is -0.0848. The molecule has 0 spiro atoms. The monoisotopic (exact) mass is 391 g/mol. The summed E-state index contributed by atoms with van der Waals surface area (Å²) in [6.07, 6.45) is 3.49. The van der Waals surface area contributed by atoms with Crippen LogP contribution in [-0.2, 0) is 13.1 Å². The molecule has 0 aliphatic carbocycles. The summed E-state index contributed by atoms with van der Waals surface area (Å²) in [5.74, 6) is 0.737. The summed E-state index contributed by atoms with van der Waals surface area (Å²) in [5.41, 5.74) is 3.84. The number of hydrogen-bond donors (Lipinski definition) is 1. The normalized spacial score (nSPS) is 10.9. The van der Waals surface area contributed by atoms with Gasteiger partial charge in [-0.15, -0.1) is 11.3 Å². The minimum absolute atomic E-state index is 0.0848. The summed E-state index contributed by atoms with van der Waals surface area (Å²) >= 11 is 1.70. The smallest absolute Gasteiger partial charge is 0.268 e. The van der Waals surface area contributed by atoms with Crippen molar-refractivity contribution in [3.05, 3.63) is 82.6 Å². The van der Waals surface area contributed by atoms with Gasteiger partial charge >= 0.3 is 0 Å².